The minimum atomic E-state index is -0.192. The van der Waals surface area contributed by atoms with Crippen LogP contribution in [0, 0.1) is 5.92 Å². The predicted molar refractivity (Wildman–Crippen MR) is 83.1 cm³/mol. The van der Waals surface area contributed by atoms with Crippen molar-refractivity contribution in [3.8, 4) is 0 Å². The molecule has 112 valence electrons. The fourth-order valence-electron chi connectivity index (χ4n) is 1.94. The molecule has 2 amide bonds. The van der Waals surface area contributed by atoms with Crippen molar-refractivity contribution in [3.63, 3.8) is 0 Å². The second-order valence-electron chi connectivity index (χ2n) is 4.99. The zero-order valence-electron chi connectivity index (χ0n) is 11.9. The molecule has 1 heterocycles. The van der Waals surface area contributed by atoms with Crippen molar-refractivity contribution in [2.24, 2.45) is 5.92 Å². The molecule has 0 radical (unpaired) electrons. The molecule has 0 aliphatic carbocycles. The first kappa shape index (κ1) is 15.4. The number of aromatic nitrogens is 2. The number of halogens is 1. The van der Waals surface area contributed by atoms with Crippen molar-refractivity contribution in [2.45, 2.75) is 20.0 Å². The minimum absolute atomic E-state index is 0.192. The maximum absolute atomic E-state index is 11.7. The number of nitrogens with zero attached hydrogens (tertiary/aromatic N) is 2. The van der Waals surface area contributed by atoms with Gasteiger partial charge in [-0.05, 0) is 23.6 Å². The summed E-state index contributed by atoms with van der Waals surface area (Å²) in [6, 6.07) is 9.15. The first-order chi connectivity index (χ1) is 10.1. The molecular weight excluding hydrogens is 288 g/mol. The Morgan fingerprint density at radius 2 is 2.14 bits per heavy atom. The Kier molecular flexibility index (Phi) is 5.63. The second-order valence-corrected chi connectivity index (χ2v) is 5.40. The van der Waals surface area contributed by atoms with Crippen LogP contribution < -0.4 is 10.6 Å². The lowest BCUT2D eigenvalue weighted by Crippen LogP contribution is -2.38. The first-order valence-electron chi connectivity index (χ1n) is 6.87. The van der Waals surface area contributed by atoms with E-state index >= 15 is 0 Å². The molecule has 5 nitrogen and oxygen atoms in total. The van der Waals surface area contributed by atoms with Gasteiger partial charge in [-0.2, -0.15) is 5.10 Å². The lowest BCUT2D eigenvalue weighted by molar-refractivity contribution is 0.238. The molecule has 0 fully saturated rings. The maximum Gasteiger partial charge on any atom is 0.315 e. The molecule has 0 aliphatic heterocycles. The Hall–Kier alpha value is -2.01. The number of hydrogen-bond acceptors (Lipinski definition) is 2. The number of rotatable bonds is 6. The van der Waals surface area contributed by atoms with Crippen LogP contribution in [0.25, 0.3) is 0 Å². The third-order valence-corrected chi connectivity index (χ3v) is 3.43. The SMILES string of the molecule is CC(CNC(=O)NCc1ccccc1Cl)Cn1cccn1. The van der Waals surface area contributed by atoms with E-state index in [2.05, 4.69) is 22.7 Å². The summed E-state index contributed by atoms with van der Waals surface area (Å²) in [5, 5.41) is 10.4. The minimum Gasteiger partial charge on any atom is -0.338 e. The topological polar surface area (TPSA) is 59.0 Å². The number of carbonyl (C=O) groups is 1. The van der Waals surface area contributed by atoms with Gasteiger partial charge in [0, 0.05) is 37.1 Å². The van der Waals surface area contributed by atoms with Crippen molar-refractivity contribution in [3.05, 3.63) is 53.3 Å². The van der Waals surface area contributed by atoms with Crippen LogP contribution in [0.2, 0.25) is 5.02 Å². The van der Waals surface area contributed by atoms with Gasteiger partial charge in [0.1, 0.15) is 0 Å². The van der Waals surface area contributed by atoms with E-state index in [1.54, 1.807) is 6.20 Å². The standard InChI is InChI=1S/C15H19ClN4O/c1-12(11-20-8-4-7-19-20)9-17-15(21)18-10-13-5-2-3-6-14(13)16/h2-8,12H,9-11H2,1H3,(H2,17,18,21). The molecule has 1 unspecified atom stereocenters. The van der Waals surface area contributed by atoms with Gasteiger partial charge in [-0.25, -0.2) is 4.79 Å². The van der Waals surface area contributed by atoms with Gasteiger partial charge in [-0.3, -0.25) is 4.68 Å². The monoisotopic (exact) mass is 306 g/mol. The number of carbonyl (C=O) groups excluding carboxylic acids is 1. The van der Waals surface area contributed by atoms with Crippen molar-refractivity contribution in [1.29, 1.82) is 0 Å². The molecule has 0 saturated heterocycles. The van der Waals surface area contributed by atoms with E-state index in [1.165, 1.54) is 0 Å². The van der Waals surface area contributed by atoms with Crippen LogP contribution in [-0.4, -0.2) is 22.4 Å². The van der Waals surface area contributed by atoms with Gasteiger partial charge in [0.05, 0.1) is 0 Å². The lowest BCUT2D eigenvalue weighted by Gasteiger charge is -2.13. The van der Waals surface area contributed by atoms with E-state index in [0.717, 1.165) is 12.1 Å². The van der Waals surface area contributed by atoms with Crippen LogP contribution >= 0.6 is 11.6 Å². The molecule has 0 bridgehead atoms. The van der Waals surface area contributed by atoms with Gasteiger partial charge in [0.25, 0.3) is 0 Å². The molecule has 0 aliphatic rings. The zero-order chi connectivity index (χ0) is 15.1. The van der Waals surface area contributed by atoms with E-state index in [-0.39, 0.29) is 6.03 Å². The summed E-state index contributed by atoms with van der Waals surface area (Å²) < 4.78 is 1.86. The molecular formula is C15H19ClN4O. The normalized spacial score (nSPS) is 11.9. The average molecular weight is 307 g/mol. The Morgan fingerprint density at radius 1 is 1.33 bits per heavy atom. The van der Waals surface area contributed by atoms with E-state index in [9.17, 15) is 4.79 Å². The van der Waals surface area contributed by atoms with Crippen LogP contribution in [0.15, 0.2) is 42.7 Å². The number of nitrogens with one attached hydrogen (secondary N) is 2. The zero-order valence-corrected chi connectivity index (χ0v) is 12.7. The smallest absolute Gasteiger partial charge is 0.315 e. The highest BCUT2D eigenvalue weighted by Crippen LogP contribution is 2.14. The molecule has 2 aromatic rings. The molecule has 1 aromatic carbocycles. The largest absolute Gasteiger partial charge is 0.338 e. The Balaban J connectivity index is 1.69. The van der Waals surface area contributed by atoms with E-state index in [4.69, 9.17) is 11.6 Å². The summed E-state index contributed by atoms with van der Waals surface area (Å²) in [4.78, 5) is 11.7. The summed E-state index contributed by atoms with van der Waals surface area (Å²) in [6.07, 6.45) is 3.66. The van der Waals surface area contributed by atoms with Gasteiger partial charge in [-0.15, -0.1) is 0 Å². The Morgan fingerprint density at radius 3 is 2.86 bits per heavy atom. The summed E-state index contributed by atoms with van der Waals surface area (Å²) in [7, 11) is 0. The van der Waals surface area contributed by atoms with Crippen LogP contribution in [0.5, 0.6) is 0 Å². The number of urea groups is 1. The van der Waals surface area contributed by atoms with Crippen molar-refractivity contribution < 1.29 is 4.79 Å². The van der Waals surface area contributed by atoms with Gasteiger partial charge in [-0.1, -0.05) is 36.7 Å². The third kappa shape index (κ3) is 5.11. The molecule has 0 spiro atoms. The molecule has 1 aromatic heterocycles. The van der Waals surface area contributed by atoms with Crippen molar-refractivity contribution in [2.75, 3.05) is 6.54 Å². The first-order valence-corrected chi connectivity index (χ1v) is 7.25. The molecule has 21 heavy (non-hydrogen) atoms. The molecule has 6 heteroatoms. The highest BCUT2D eigenvalue weighted by Gasteiger charge is 2.07. The van der Waals surface area contributed by atoms with E-state index in [0.29, 0.717) is 24.0 Å². The second kappa shape index (κ2) is 7.69. The highest BCUT2D eigenvalue weighted by molar-refractivity contribution is 6.31. The molecule has 0 saturated carbocycles. The van der Waals surface area contributed by atoms with Gasteiger partial charge in [0.15, 0.2) is 0 Å². The summed E-state index contributed by atoms with van der Waals surface area (Å²) in [5.74, 6) is 0.302. The fraction of sp³-hybridized carbons (Fsp3) is 0.333. The van der Waals surface area contributed by atoms with Crippen LogP contribution in [0.4, 0.5) is 4.79 Å². The fourth-order valence-corrected chi connectivity index (χ4v) is 2.14. The molecule has 2 N–H and O–H groups in total. The van der Waals surface area contributed by atoms with Crippen LogP contribution in [-0.2, 0) is 13.1 Å². The molecule has 1 atom stereocenters. The summed E-state index contributed by atoms with van der Waals surface area (Å²) >= 11 is 6.03. The number of benzene rings is 1. The maximum atomic E-state index is 11.7. The summed E-state index contributed by atoms with van der Waals surface area (Å²) in [5.41, 5.74) is 0.902. The van der Waals surface area contributed by atoms with Gasteiger partial charge < -0.3 is 10.6 Å². The Bertz CT molecular complexity index is 571. The van der Waals surface area contributed by atoms with Crippen molar-refractivity contribution >= 4 is 17.6 Å². The number of amides is 2. The van der Waals surface area contributed by atoms with Crippen molar-refractivity contribution in [1.82, 2.24) is 20.4 Å². The van der Waals surface area contributed by atoms with Crippen LogP contribution in [0.3, 0.4) is 0 Å². The highest BCUT2D eigenvalue weighted by atomic mass is 35.5. The Labute approximate surface area is 129 Å². The van der Waals surface area contributed by atoms with Crippen LogP contribution in [0.1, 0.15) is 12.5 Å². The average Bonchev–Trinajstić information content (AvgIpc) is 2.97. The van der Waals surface area contributed by atoms with Gasteiger partial charge >= 0.3 is 6.03 Å². The number of hydrogen-bond donors (Lipinski definition) is 2. The predicted octanol–water partition coefficient (Wildman–Crippen LogP) is 2.67. The van der Waals surface area contributed by atoms with E-state index in [1.807, 2.05) is 41.2 Å². The molecule has 2 rings (SSSR count). The quantitative estimate of drug-likeness (QED) is 0.862. The van der Waals surface area contributed by atoms with E-state index < -0.39 is 0 Å². The third-order valence-electron chi connectivity index (χ3n) is 3.07. The van der Waals surface area contributed by atoms with Gasteiger partial charge in [0.2, 0.25) is 0 Å². The summed E-state index contributed by atoms with van der Waals surface area (Å²) in [6.45, 7) is 3.85. The lowest BCUT2D eigenvalue weighted by atomic mass is 10.2.